The second kappa shape index (κ2) is 4.19. The molecular weight excluding hydrogens is 200 g/mol. The van der Waals surface area contributed by atoms with Gasteiger partial charge in [0, 0.05) is 25.1 Å². The van der Waals surface area contributed by atoms with Gasteiger partial charge in [-0.25, -0.2) is 0 Å². The molecule has 0 N–H and O–H groups in total. The SMILES string of the molecule is CC(=O)N1CCC(=CC#N)c2ccccc21. The van der Waals surface area contributed by atoms with Crippen LogP contribution in [0.4, 0.5) is 5.69 Å². The minimum Gasteiger partial charge on any atom is -0.312 e. The fraction of sp³-hybridized carbons (Fsp3) is 0.231. The second-order valence-electron chi connectivity index (χ2n) is 3.74. The number of para-hydroxylation sites is 1. The van der Waals surface area contributed by atoms with Gasteiger partial charge >= 0.3 is 0 Å². The van der Waals surface area contributed by atoms with E-state index in [1.54, 1.807) is 17.9 Å². The Balaban J connectivity index is 2.53. The molecule has 1 aromatic carbocycles. The van der Waals surface area contributed by atoms with Gasteiger partial charge in [0.15, 0.2) is 0 Å². The molecule has 0 saturated carbocycles. The third-order valence-electron chi connectivity index (χ3n) is 2.76. The van der Waals surface area contributed by atoms with Gasteiger partial charge in [-0.05, 0) is 18.1 Å². The molecule has 1 amide bonds. The molecule has 0 spiro atoms. The van der Waals surface area contributed by atoms with Crippen molar-refractivity contribution >= 4 is 17.2 Å². The van der Waals surface area contributed by atoms with Crippen molar-refractivity contribution in [2.24, 2.45) is 0 Å². The van der Waals surface area contributed by atoms with Gasteiger partial charge in [0.1, 0.15) is 0 Å². The summed E-state index contributed by atoms with van der Waals surface area (Å²) >= 11 is 0. The van der Waals surface area contributed by atoms with E-state index in [0.29, 0.717) is 6.54 Å². The molecule has 3 heteroatoms. The number of rotatable bonds is 0. The Morgan fingerprint density at radius 2 is 2.25 bits per heavy atom. The minimum atomic E-state index is 0.0449. The quantitative estimate of drug-likeness (QED) is 0.619. The normalized spacial score (nSPS) is 16.8. The number of amides is 1. The Morgan fingerprint density at radius 3 is 2.94 bits per heavy atom. The van der Waals surface area contributed by atoms with E-state index < -0.39 is 0 Å². The maximum absolute atomic E-state index is 11.5. The molecule has 1 aliphatic heterocycles. The van der Waals surface area contributed by atoms with Crippen molar-refractivity contribution in [2.45, 2.75) is 13.3 Å². The van der Waals surface area contributed by atoms with Crippen molar-refractivity contribution < 1.29 is 4.79 Å². The highest BCUT2D eigenvalue weighted by Gasteiger charge is 2.22. The highest BCUT2D eigenvalue weighted by molar-refractivity contribution is 5.97. The maximum atomic E-state index is 11.5. The molecule has 0 aromatic heterocycles. The van der Waals surface area contributed by atoms with E-state index in [0.717, 1.165) is 23.2 Å². The number of nitrogens with zero attached hydrogens (tertiary/aromatic N) is 2. The molecule has 80 valence electrons. The molecule has 0 fully saturated rings. The Bertz CT molecular complexity index is 497. The first-order chi connectivity index (χ1) is 7.74. The van der Waals surface area contributed by atoms with Gasteiger partial charge in [-0.1, -0.05) is 18.2 Å². The van der Waals surface area contributed by atoms with Crippen LogP contribution in [0, 0.1) is 11.3 Å². The molecule has 3 nitrogen and oxygen atoms in total. The van der Waals surface area contributed by atoms with Gasteiger partial charge in [-0.3, -0.25) is 4.79 Å². The van der Waals surface area contributed by atoms with Crippen LogP contribution in [-0.2, 0) is 4.79 Å². The van der Waals surface area contributed by atoms with E-state index in [4.69, 9.17) is 5.26 Å². The van der Waals surface area contributed by atoms with Crippen LogP contribution in [0.5, 0.6) is 0 Å². The highest BCUT2D eigenvalue weighted by Crippen LogP contribution is 2.34. The third-order valence-corrected chi connectivity index (χ3v) is 2.76. The molecule has 0 unspecified atom stereocenters. The van der Waals surface area contributed by atoms with Crippen LogP contribution in [-0.4, -0.2) is 12.5 Å². The van der Waals surface area contributed by atoms with Gasteiger partial charge in [-0.15, -0.1) is 0 Å². The van der Waals surface area contributed by atoms with E-state index >= 15 is 0 Å². The van der Waals surface area contributed by atoms with Gasteiger partial charge < -0.3 is 4.90 Å². The number of fused-ring (bicyclic) bond motifs is 1. The topological polar surface area (TPSA) is 44.1 Å². The number of anilines is 1. The number of allylic oxidation sites excluding steroid dienone is 1. The predicted molar refractivity (Wildman–Crippen MR) is 62.7 cm³/mol. The summed E-state index contributed by atoms with van der Waals surface area (Å²) in [5, 5.41) is 8.71. The van der Waals surface area contributed by atoms with Crippen molar-refractivity contribution in [1.29, 1.82) is 5.26 Å². The van der Waals surface area contributed by atoms with Crippen molar-refractivity contribution in [3.05, 3.63) is 35.9 Å². The molecule has 0 radical (unpaired) electrons. The number of hydrogen-bond donors (Lipinski definition) is 0. The molecule has 0 bridgehead atoms. The zero-order valence-electron chi connectivity index (χ0n) is 9.10. The predicted octanol–water partition coefficient (Wildman–Crippen LogP) is 2.35. The number of nitriles is 1. The van der Waals surface area contributed by atoms with Gasteiger partial charge in [0.25, 0.3) is 0 Å². The molecule has 0 atom stereocenters. The van der Waals surface area contributed by atoms with Crippen molar-refractivity contribution in [2.75, 3.05) is 11.4 Å². The minimum absolute atomic E-state index is 0.0449. The molecule has 0 saturated heterocycles. The van der Waals surface area contributed by atoms with Crippen molar-refractivity contribution in [3.8, 4) is 6.07 Å². The first-order valence-electron chi connectivity index (χ1n) is 5.20. The molecular formula is C13H12N2O. The van der Waals surface area contributed by atoms with E-state index in [2.05, 4.69) is 6.07 Å². The second-order valence-corrected chi connectivity index (χ2v) is 3.74. The molecule has 2 rings (SSSR count). The standard InChI is InChI=1S/C13H12N2O/c1-10(16)15-9-7-11(6-8-14)12-4-2-3-5-13(12)15/h2-6H,7,9H2,1H3. The third kappa shape index (κ3) is 1.70. The lowest BCUT2D eigenvalue weighted by molar-refractivity contribution is -0.116. The lowest BCUT2D eigenvalue weighted by atomic mass is 9.95. The number of carbonyl (C=O) groups is 1. The lowest BCUT2D eigenvalue weighted by Crippen LogP contribution is -2.33. The summed E-state index contributed by atoms with van der Waals surface area (Å²) in [4.78, 5) is 13.2. The van der Waals surface area contributed by atoms with Crippen LogP contribution in [0.1, 0.15) is 18.9 Å². The fourth-order valence-corrected chi connectivity index (χ4v) is 2.02. The van der Waals surface area contributed by atoms with Gasteiger partial charge in [-0.2, -0.15) is 5.26 Å². The molecule has 1 aliphatic rings. The monoisotopic (exact) mass is 212 g/mol. The summed E-state index contributed by atoms with van der Waals surface area (Å²) in [5.74, 6) is 0.0449. The van der Waals surface area contributed by atoms with Crippen LogP contribution >= 0.6 is 0 Å². The fourth-order valence-electron chi connectivity index (χ4n) is 2.02. The van der Waals surface area contributed by atoms with E-state index in [1.165, 1.54) is 0 Å². The zero-order valence-corrected chi connectivity index (χ0v) is 9.10. The summed E-state index contributed by atoms with van der Waals surface area (Å²) in [6, 6.07) is 9.76. The molecule has 1 aromatic rings. The Hall–Kier alpha value is -2.08. The van der Waals surface area contributed by atoms with Crippen LogP contribution in [0.3, 0.4) is 0 Å². The summed E-state index contributed by atoms with van der Waals surface area (Å²) in [6.45, 7) is 2.22. The molecule has 16 heavy (non-hydrogen) atoms. The lowest BCUT2D eigenvalue weighted by Gasteiger charge is -2.29. The van der Waals surface area contributed by atoms with E-state index in [-0.39, 0.29) is 5.91 Å². The Labute approximate surface area is 94.6 Å². The van der Waals surface area contributed by atoms with Crippen LogP contribution in [0.25, 0.3) is 5.57 Å². The van der Waals surface area contributed by atoms with Gasteiger partial charge in [0.05, 0.1) is 11.8 Å². The summed E-state index contributed by atoms with van der Waals surface area (Å²) in [5.41, 5.74) is 2.91. The van der Waals surface area contributed by atoms with Crippen molar-refractivity contribution in [3.63, 3.8) is 0 Å². The van der Waals surface area contributed by atoms with Crippen molar-refractivity contribution in [1.82, 2.24) is 0 Å². The Kier molecular flexibility index (Phi) is 2.74. The largest absolute Gasteiger partial charge is 0.312 e. The van der Waals surface area contributed by atoms with E-state index in [9.17, 15) is 4.79 Å². The van der Waals surface area contributed by atoms with Crippen LogP contribution in [0.2, 0.25) is 0 Å². The first-order valence-corrected chi connectivity index (χ1v) is 5.20. The summed E-state index contributed by atoms with van der Waals surface area (Å²) in [6.07, 6.45) is 2.31. The first kappa shape index (κ1) is 10.4. The smallest absolute Gasteiger partial charge is 0.223 e. The molecule has 0 aliphatic carbocycles. The average molecular weight is 212 g/mol. The number of benzene rings is 1. The molecule has 1 heterocycles. The summed E-state index contributed by atoms with van der Waals surface area (Å²) in [7, 11) is 0. The zero-order chi connectivity index (χ0) is 11.5. The van der Waals surface area contributed by atoms with Crippen LogP contribution in [0.15, 0.2) is 30.3 Å². The Morgan fingerprint density at radius 1 is 1.50 bits per heavy atom. The number of hydrogen-bond acceptors (Lipinski definition) is 2. The van der Waals surface area contributed by atoms with E-state index in [1.807, 2.05) is 24.3 Å². The summed E-state index contributed by atoms with van der Waals surface area (Å²) < 4.78 is 0. The average Bonchev–Trinajstić information content (AvgIpc) is 2.29. The van der Waals surface area contributed by atoms with Crippen LogP contribution < -0.4 is 4.90 Å². The number of carbonyl (C=O) groups excluding carboxylic acids is 1. The van der Waals surface area contributed by atoms with Gasteiger partial charge in [0.2, 0.25) is 5.91 Å². The highest BCUT2D eigenvalue weighted by atomic mass is 16.2. The maximum Gasteiger partial charge on any atom is 0.223 e.